The zero-order valence-electron chi connectivity index (χ0n) is 19.7. The van der Waals surface area contributed by atoms with Gasteiger partial charge in [-0.3, -0.25) is 0 Å². The molecule has 0 heterocycles. The lowest BCUT2D eigenvalue weighted by molar-refractivity contribution is 0.0498. The van der Waals surface area contributed by atoms with Crippen molar-refractivity contribution in [3.63, 3.8) is 0 Å². The molecule has 35 heavy (non-hydrogen) atoms. The van der Waals surface area contributed by atoms with E-state index in [-0.39, 0.29) is 6.61 Å². The molecular weight excluding hydrogens is 478 g/mol. The highest BCUT2D eigenvalue weighted by atomic mass is 32.2. The van der Waals surface area contributed by atoms with Gasteiger partial charge < -0.3 is 25.7 Å². The van der Waals surface area contributed by atoms with E-state index in [0.717, 1.165) is 16.7 Å². The van der Waals surface area contributed by atoms with Crippen molar-refractivity contribution in [2.75, 3.05) is 37.0 Å². The minimum atomic E-state index is -0.923. The number of aliphatic hydroxyl groups excluding tert-OH is 4. The molecule has 0 spiro atoms. The van der Waals surface area contributed by atoms with Crippen LogP contribution in [0, 0.1) is 0 Å². The van der Waals surface area contributed by atoms with Crippen LogP contribution in [-0.2, 0) is 4.75 Å². The van der Waals surface area contributed by atoms with Crippen molar-refractivity contribution < 1.29 is 20.4 Å². The highest BCUT2D eigenvalue weighted by Crippen LogP contribution is 2.48. The third-order valence-electron chi connectivity index (χ3n) is 5.72. The maximum Gasteiger partial charge on any atom is 0.0907 e. The van der Waals surface area contributed by atoms with Gasteiger partial charge in [0.15, 0.2) is 0 Å². The average Bonchev–Trinajstić information content (AvgIpc) is 2.91. The van der Waals surface area contributed by atoms with E-state index in [1.807, 2.05) is 54.6 Å². The Bertz CT molecular complexity index is 866. The summed E-state index contributed by atoms with van der Waals surface area (Å²) in [6, 6.07) is 30.8. The molecule has 188 valence electrons. The minimum absolute atomic E-state index is 0.0267. The van der Waals surface area contributed by atoms with Crippen molar-refractivity contribution in [3.8, 4) is 0 Å². The Hall–Kier alpha value is -1.84. The summed E-state index contributed by atoms with van der Waals surface area (Å²) in [6.07, 6.45) is -2.41. The fourth-order valence-electron chi connectivity index (χ4n) is 3.93. The molecule has 5 nitrogen and oxygen atoms in total. The molecule has 0 saturated heterocycles. The topological polar surface area (TPSA) is 93.0 Å². The summed E-state index contributed by atoms with van der Waals surface area (Å²) < 4.78 is -0.549. The monoisotopic (exact) mass is 513 g/mol. The van der Waals surface area contributed by atoms with Crippen molar-refractivity contribution in [2.45, 2.75) is 23.1 Å². The molecule has 3 aromatic carbocycles. The molecule has 0 amide bonds. The van der Waals surface area contributed by atoms with Crippen molar-refractivity contribution in [1.82, 2.24) is 5.32 Å². The van der Waals surface area contributed by atoms with Gasteiger partial charge in [-0.05, 0) is 16.7 Å². The van der Waals surface area contributed by atoms with Gasteiger partial charge in [0.2, 0.25) is 0 Å². The number of thioether (sulfide) groups is 2. The Morgan fingerprint density at radius 2 is 1.11 bits per heavy atom. The van der Waals surface area contributed by atoms with E-state index >= 15 is 0 Å². The average molecular weight is 514 g/mol. The molecule has 7 heteroatoms. The van der Waals surface area contributed by atoms with Gasteiger partial charge >= 0.3 is 0 Å². The van der Waals surface area contributed by atoms with E-state index in [1.54, 1.807) is 11.8 Å². The second-order valence-electron chi connectivity index (χ2n) is 8.34. The molecule has 0 radical (unpaired) electrons. The lowest BCUT2D eigenvalue weighted by atomic mass is 9.84. The largest absolute Gasteiger partial charge is 0.395 e. The third kappa shape index (κ3) is 7.82. The first-order valence-corrected chi connectivity index (χ1v) is 14.0. The summed E-state index contributed by atoms with van der Waals surface area (Å²) in [5.41, 5.74) is 3.32. The third-order valence-corrected chi connectivity index (χ3v) is 8.57. The number of aliphatic hydroxyl groups is 4. The Morgan fingerprint density at radius 1 is 0.657 bits per heavy atom. The van der Waals surface area contributed by atoms with Gasteiger partial charge in [-0.25, -0.2) is 0 Å². The van der Waals surface area contributed by atoms with Crippen molar-refractivity contribution >= 4 is 23.5 Å². The van der Waals surface area contributed by atoms with Crippen LogP contribution >= 0.6 is 23.5 Å². The number of rotatable bonds is 15. The predicted molar refractivity (Wildman–Crippen MR) is 147 cm³/mol. The molecule has 3 unspecified atom stereocenters. The quantitative estimate of drug-likeness (QED) is 0.158. The van der Waals surface area contributed by atoms with Crippen molar-refractivity contribution in [1.29, 1.82) is 0 Å². The highest BCUT2D eigenvalue weighted by Gasteiger charge is 2.38. The molecule has 0 saturated carbocycles. The van der Waals surface area contributed by atoms with E-state index in [4.69, 9.17) is 5.11 Å². The van der Waals surface area contributed by atoms with Gasteiger partial charge in [0.1, 0.15) is 0 Å². The fraction of sp³-hybridized carbons (Fsp3) is 0.357. The Morgan fingerprint density at radius 3 is 1.57 bits per heavy atom. The van der Waals surface area contributed by atoms with E-state index in [9.17, 15) is 15.3 Å². The summed E-state index contributed by atoms with van der Waals surface area (Å²) in [5.74, 6) is 1.10. The molecule has 3 atom stereocenters. The SMILES string of the molecule is OCCNCC(O)CSCC(O)C(O)CSC(c1ccccc1)(c1ccccc1)c1ccccc1. The normalized spacial score (nSPS) is 14.4. The summed E-state index contributed by atoms with van der Waals surface area (Å²) in [6.45, 7) is 0.848. The van der Waals surface area contributed by atoms with E-state index in [1.165, 1.54) is 11.8 Å². The van der Waals surface area contributed by atoms with Crippen LogP contribution in [0.15, 0.2) is 91.0 Å². The van der Waals surface area contributed by atoms with E-state index < -0.39 is 23.1 Å². The first kappa shape index (κ1) is 27.7. The van der Waals surface area contributed by atoms with Gasteiger partial charge in [-0.15, -0.1) is 11.8 Å². The minimum Gasteiger partial charge on any atom is -0.395 e. The zero-order chi connectivity index (χ0) is 24.9. The number of hydrogen-bond donors (Lipinski definition) is 5. The van der Waals surface area contributed by atoms with Gasteiger partial charge in [-0.1, -0.05) is 91.0 Å². The first-order chi connectivity index (χ1) is 17.1. The van der Waals surface area contributed by atoms with Crippen LogP contribution in [0.25, 0.3) is 0 Å². The van der Waals surface area contributed by atoms with Crippen molar-refractivity contribution in [2.24, 2.45) is 0 Å². The number of benzene rings is 3. The molecule has 5 N–H and O–H groups in total. The predicted octanol–water partition coefficient (Wildman–Crippen LogP) is 3.11. The summed E-state index contributed by atoms with van der Waals surface area (Å²) >= 11 is 3.02. The van der Waals surface area contributed by atoms with Gasteiger partial charge in [-0.2, -0.15) is 11.8 Å². The molecule has 0 bridgehead atoms. The molecule has 0 aromatic heterocycles. The molecule has 0 aliphatic heterocycles. The second-order valence-corrected chi connectivity index (χ2v) is 10.7. The van der Waals surface area contributed by atoms with Gasteiger partial charge in [0, 0.05) is 30.3 Å². The smallest absolute Gasteiger partial charge is 0.0907 e. The maximum absolute atomic E-state index is 10.9. The highest BCUT2D eigenvalue weighted by molar-refractivity contribution is 8.00. The number of nitrogens with one attached hydrogen (secondary N) is 1. The number of hydrogen-bond acceptors (Lipinski definition) is 7. The van der Waals surface area contributed by atoms with Gasteiger partial charge in [0.25, 0.3) is 0 Å². The zero-order valence-corrected chi connectivity index (χ0v) is 21.4. The molecule has 0 fully saturated rings. The van der Waals surface area contributed by atoms with Crippen LogP contribution in [0.3, 0.4) is 0 Å². The molecular formula is C28H35NO4S2. The first-order valence-electron chi connectivity index (χ1n) is 11.8. The van der Waals surface area contributed by atoms with Crippen LogP contribution in [0.5, 0.6) is 0 Å². The second kappa shape index (κ2) is 14.7. The molecule has 0 aliphatic rings. The van der Waals surface area contributed by atoms with Crippen LogP contribution in [-0.4, -0.2) is 75.7 Å². The lowest BCUT2D eigenvalue weighted by Gasteiger charge is -2.36. The molecule has 3 aromatic rings. The van der Waals surface area contributed by atoms with Crippen LogP contribution in [0.4, 0.5) is 0 Å². The molecule has 0 aliphatic carbocycles. The van der Waals surface area contributed by atoms with Crippen LogP contribution in [0.1, 0.15) is 16.7 Å². The Labute approximate surface area is 216 Å². The fourth-order valence-corrected chi connectivity index (χ4v) is 6.47. The van der Waals surface area contributed by atoms with Crippen LogP contribution in [0.2, 0.25) is 0 Å². The summed E-state index contributed by atoms with van der Waals surface area (Å²) in [4.78, 5) is 0. The van der Waals surface area contributed by atoms with Crippen molar-refractivity contribution in [3.05, 3.63) is 108 Å². The standard InChI is InChI=1S/C28H35NO4S2/c30-17-16-29-18-25(31)19-34-20-26(32)27(33)21-35-28(22-10-4-1-5-11-22,23-12-6-2-7-13-23)24-14-8-3-9-15-24/h1-15,25-27,29-33H,16-21H2. The van der Waals surface area contributed by atoms with Crippen LogP contribution < -0.4 is 5.32 Å². The summed E-state index contributed by atoms with van der Waals surface area (Å²) in [5, 5.41) is 43.3. The summed E-state index contributed by atoms with van der Waals surface area (Å²) in [7, 11) is 0. The maximum atomic E-state index is 10.9. The van der Waals surface area contributed by atoms with E-state index in [0.29, 0.717) is 30.3 Å². The van der Waals surface area contributed by atoms with Gasteiger partial charge in [0.05, 0.1) is 29.7 Å². The Kier molecular flexibility index (Phi) is 11.6. The lowest BCUT2D eigenvalue weighted by Crippen LogP contribution is -2.35. The van der Waals surface area contributed by atoms with E-state index in [2.05, 4.69) is 41.7 Å². The molecule has 3 rings (SSSR count). The Balaban J connectivity index is 1.74.